The van der Waals surface area contributed by atoms with Gasteiger partial charge in [0, 0.05) is 37.7 Å². The Kier molecular flexibility index (Phi) is 7.16. The maximum Gasteiger partial charge on any atom is 0.321 e. The van der Waals surface area contributed by atoms with E-state index in [4.69, 9.17) is 0 Å². The Bertz CT molecular complexity index is 788. The fourth-order valence-corrected chi connectivity index (χ4v) is 3.43. The first-order valence-electron chi connectivity index (χ1n) is 8.59. The zero-order chi connectivity index (χ0) is 19.0. The van der Waals surface area contributed by atoms with Gasteiger partial charge in [-0.2, -0.15) is 5.10 Å². The molecular weight excluding hydrogens is 354 g/mol. The molecule has 142 valence electrons. The van der Waals surface area contributed by atoms with Crippen LogP contribution in [0.4, 0.5) is 10.5 Å². The summed E-state index contributed by atoms with van der Waals surface area (Å²) in [5, 5.41) is 6.90. The monoisotopic (exact) mass is 379 g/mol. The Hall–Kier alpha value is -2.39. The second kappa shape index (κ2) is 9.35. The molecule has 1 heterocycles. The van der Waals surface area contributed by atoms with Gasteiger partial charge in [0.15, 0.2) is 0 Å². The van der Waals surface area contributed by atoms with Gasteiger partial charge in [0.1, 0.15) is 0 Å². The van der Waals surface area contributed by atoms with Crippen LogP contribution in [0.15, 0.2) is 47.6 Å². The summed E-state index contributed by atoms with van der Waals surface area (Å²) < 4.78 is 28.4. The van der Waals surface area contributed by atoms with Crippen molar-refractivity contribution in [2.24, 2.45) is 0 Å². The first-order chi connectivity index (χ1) is 12.5. The third-order valence-electron chi connectivity index (χ3n) is 3.79. The summed E-state index contributed by atoms with van der Waals surface area (Å²) in [4.78, 5) is 14.2. The molecule has 0 radical (unpaired) electrons. The fraction of sp³-hybridized carbons (Fsp3) is 0.412. The van der Waals surface area contributed by atoms with E-state index in [1.807, 2.05) is 26.1 Å². The smallest absolute Gasteiger partial charge is 0.321 e. The van der Waals surface area contributed by atoms with Crippen LogP contribution in [-0.4, -0.2) is 48.8 Å². The van der Waals surface area contributed by atoms with Gasteiger partial charge >= 0.3 is 6.03 Å². The number of urea groups is 1. The minimum Gasteiger partial charge on any atom is -0.323 e. The van der Waals surface area contributed by atoms with Gasteiger partial charge in [0.25, 0.3) is 0 Å². The van der Waals surface area contributed by atoms with E-state index >= 15 is 0 Å². The third-order valence-corrected chi connectivity index (χ3v) is 5.26. The van der Waals surface area contributed by atoms with Crippen molar-refractivity contribution in [1.82, 2.24) is 19.4 Å². The normalized spacial score (nSPS) is 11.3. The molecule has 8 nitrogen and oxygen atoms in total. The maximum atomic E-state index is 12.4. The minimum atomic E-state index is -3.51. The van der Waals surface area contributed by atoms with Gasteiger partial charge in [0.2, 0.25) is 10.0 Å². The highest BCUT2D eigenvalue weighted by Gasteiger charge is 2.15. The molecule has 1 aromatic heterocycles. The number of nitrogens with one attached hydrogen (secondary N) is 2. The molecule has 2 N–H and O–H groups in total. The largest absolute Gasteiger partial charge is 0.323 e. The van der Waals surface area contributed by atoms with Crippen molar-refractivity contribution in [2.75, 3.05) is 25.0 Å². The first-order valence-corrected chi connectivity index (χ1v) is 10.1. The van der Waals surface area contributed by atoms with E-state index < -0.39 is 10.0 Å². The lowest BCUT2D eigenvalue weighted by molar-refractivity contribution is 0.211. The number of sulfonamides is 1. The molecule has 0 aliphatic rings. The van der Waals surface area contributed by atoms with Gasteiger partial charge in [-0.1, -0.05) is 6.92 Å². The van der Waals surface area contributed by atoms with Crippen LogP contribution in [-0.2, 0) is 16.6 Å². The summed E-state index contributed by atoms with van der Waals surface area (Å²) in [5.74, 6) is 0. The van der Waals surface area contributed by atoms with E-state index in [-0.39, 0.29) is 10.9 Å². The van der Waals surface area contributed by atoms with Crippen molar-refractivity contribution in [3.63, 3.8) is 0 Å². The molecule has 2 amide bonds. The van der Waals surface area contributed by atoms with Crippen molar-refractivity contribution in [3.05, 3.63) is 42.7 Å². The van der Waals surface area contributed by atoms with E-state index in [1.54, 1.807) is 27.9 Å². The number of rotatable bonds is 9. The molecular formula is C17H25N5O3S. The van der Waals surface area contributed by atoms with Crippen molar-refractivity contribution in [2.45, 2.75) is 31.7 Å². The summed E-state index contributed by atoms with van der Waals surface area (Å²) >= 11 is 0. The third kappa shape index (κ3) is 5.57. The number of nitrogens with zero attached hydrogens (tertiary/aromatic N) is 3. The summed E-state index contributed by atoms with van der Waals surface area (Å²) in [6, 6.07) is 7.72. The Morgan fingerprint density at radius 2 is 1.96 bits per heavy atom. The number of carbonyl (C=O) groups is 1. The van der Waals surface area contributed by atoms with Crippen molar-refractivity contribution in [1.29, 1.82) is 0 Å². The Morgan fingerprint density at radius 1 is 1.23 bits per heavy atom. The number of amides is 2. The first kappa shape index (κ1) is 19.9. The van der Waals surface area contributed by atoms with Gasteiger partial charge < -0.3 is 10.2 Å². The Morgan fingerprint density at radius 3 is 2.54 bits per heavy atom. The quantitative estimate of drug-likeness (QED) is 0.697. The number of aromatic nitrogens is 2. The summed E-state index contributed by atoms with van der Waals surface area (Å²) in [5.41, 5.74) is 0.544. The topological polar surface area (TPSA) is 96.3 Å². The van der Waals surface area contributed by atoms with Crippen LogP contribution in [0.2, 0.25) is 0 Å². The van der Waals surface area contributed by atoms with Gasteiger partial charge in [0.05, 0.1) is 11.4 Å². The van der Waals surface area contributed by atoms with Crippen LogP contribution in [0.25, 0.3) is 0 Å². The van der Waals surface area contributed by atoms with Crippen LogP contribution in [0.1, 0.15) is 20.3 Å². The molecule has 0 aliphatic carbocycles. The molecule has 0 saturated heterocycles. The van der Waals surface area contributed by atoms with E-state index in [0.29, 0.717) is 31.9 Å². The van der Waals surface area contributed by atoms with E-state index in [2.05, 4.69) is 15.1 Å². The number of anilines is 1. The molecule has 1 aromatic carbocycles. The number of likely N-dealkylation sites (N-methyl/N-ethyl adjacent to an activating group) is 1. The van der Waals surface area contributed by atoms with Gasteiger partial charge in [-0.05, 0) is 43.7 Å². The lowest BCUT2D eigenvalue weighted by atomic mass is 10.3. The lowest BCUT2D eigenvalue weighted by Crippen LogP contribution is -2.37. The van der Waals surface area contributed by atoms with Crippen molar-refractivity contribution in [3.8, 4) is 0 Å². The summed E-state index contributed by atoms with van der Waals surface area (Å²) in [6.45, 7) is 5.87. The van der Waals surface area contributed by atoms with Crippen LogP contribution in [0, 0.1) is 0 Å². The minimum absolute atomic E-state index is 0.176. The molecule has 26 heavy (non-hydrogen) atoms. The Balaban J connectivity index is 1.95. The van der Waals surface area contributed by atoms with E-state index in [1.165, 1.54) is 12.1 Å². The molecule has 2 aromatic rings. The second-order valence-corrected chi connectivity index (χ2v) is 7.47. The molecule has 0 fully saturated rings. The maximum absolute atomic E-state index is 12.4. The molecule has 0 unspecified atom stereocenters. The fourth-order valence-electron chi connectivity index (χ4n) is 2.30. The zero-order valence-electron chi connectivity index (χ0n) is 15.1. The number of hydrogen-bond acceptors (Lipinski definition) is 4. The van der Waals surface area contributed by atoms with E-state index in [9.17, 15) is 13.2 Å². The van der Waals surface area contributed by atoms with Gasteiger partial charge in [-0.3, -0.25) is 4.68 Å². The standard InChI is InChI=1S/C17H25N5O3S/c1-3-10-19-26(24,25)16-8-6-15(7-9-16)20-17(23)21(4-2)13-14-22-12-5-11-18-22/h5-9,11-12,19H,3-4,10,13-14H2,1-2H3,(H,20,23). The predicted octanol–water partition coefficient (Wildman–Crippen LogP) is 2.13. The highest BCUT2D eigenvalue weighted by molar-refractivity contribution is 7.89. The molecule has 0 aliphatic heterocycles. The molecule has 0 bridgehead atoms. The number of carbonyl (C=O) groups excluding carboxylic acids is 1. The molecule has 0 saturated carbocycles. The van der Waals surface area contributed by atoms with Crippen molar-refractivity contribution >= 4 is 21.7 Å². The lowest BCUT2D eigenvalue weighted by Gasteiger charge is -2.21. The summed E-state index contributed by atoms with van der Waals surface area (Å²) in [6.07, 6.45) is 4.26. The van der Waals surface area contributed by atoms with Crippen LogP contribution >= 0.6 is 0 Å². The molecule has 2 rings (SSSR count). The Labute approximate surface area is 154 Å². The molecule has 0 spiro atoms. The molecule has 0 atom stereocenters. The van der Waals surface area contributed by atoms with Crippen LogP contribution in [0.3, 0.4) is 0 Å². The average Bonchev–Trinajstić information content (AvgIpc) is 3.14. The number of hydrogen-bond donors (Lipinski definition) is 2. The predicted molar refractivity (Wildman–Crippen MR) is 100 cm³/mol. The highest BCUT2D eigenvalue weighted by atomic mass is 32.2. The van der Waals surface area contributed by atoms with Gasteiger partial charge in [-0.15, -0.1) is 0 Å². The van der Waals surface area contributed by atoms with Gasteiger partial charge in [-0.25, -0.2) is 17.9 Å². The summed E-state index contributed by atoms with van der Waals surface area (Å²) in [7, 11) is -3.51. The second-order valence-electron chi connectivity index (χ2n) is 5.70. The van der Waals surface area contributed by atoms with Crippen LogP contribution in [0.5, 0.6) is 0 Å². The van der Waals surface area contributed by atoms with Crippen LogP contribution < -0.4 is 10.0 Å². The average molecular weight is 379 g/mol. The van der Waals surface area contributed by atoms with Crippen molar-refractivity contribution < 1.29 is 13.2 Å². The SMILES string of the molecule is CCCNS(=O)(=O)c1ccc(NC(=O)N(CC)CCn2cccn2)cc1. The molecule has 9 heteroatoms. The number of benzene rings is 1. The van der Waals surface area contributed by atoms with E-state index in [0.717, 1.165) is 6.42 Å². The zero-order valence-corrected chi connectivity index (χ0v) is 15.9. The highest BCUT2D eigenvalue weighted by Crippen LogP contribution is 2.14.